The molecule has 0 saturated heterocycles. The fraction of sp³-hybridized carbons (Fsp3) is 0.474. The number of nitrogens with zero attached hydrogens (tertiary/aromatic N) is 3. The monoisotopic (exact) mass is 359 g/mol. The van der Waals surface area contributed by atoms with Gasteiger partial charge < -0.3 is 10.6 Å². The topological polar surface area (TPSA) is 54.2 Å². The van der Waals surface area contributed by atoms with Gasteiger partial charge in [0.1, 0.15) is 0 Å². The van der Waals surface area contributed by atoms with Gasteiger partial charge in [0, 0.05) is 43.8 Å². The van der Waals surface area contributed by atoms with Crippen LogP contribution in [0.25, 0.3) is 0 Å². The van der Waals surface area contributed by atoms with Gasteiger partial charge in [0.15, 0.2) is 5.96 Å². The van der Waals surface area contributed by atoms with Crippen LogP contribution in [0.3, 0.4) is 0 Å². The minimum absolute atomic E-state index is 0.207. The van der Waals surface area contributed by atoms with Crippen molar-refractivity contribution in [3.05, 3.63) is 52.8 Å². The summed E-state index contributed by atoms with van der Waals surface area (Å²) in [5.74, 6) is 0.861. The highest BCUT2D eigenvalue weighted by Gasteiger charge is 2.44. The van der Waals surface area contributed by atoms with Gasteiger partial charge in [-0.2, -0.15) is 5.10 Å². The van der Waals surface area contributed by atoms with Crippen molar-refractivity contribution in [2.45, 2.75) is 31.1 Å². The van der Waals surface area contributed by atoms with Crippen LogP contribution in [0.2, 0.25) is 5.02 Å². The number of halogens is 1. The third kappa shape index (κ3) is 4.75. The van der Waals surface area contributed by atoms with Crippen molar-refractivity contribution < 1.29 is 0 Å². The summed E-state index contributed by atoms with van der Waals surface area (Å²) >= 11 is 6.14. The smallest absolute Gasteiger partial charge is 0.191 e. The van der Waals surface area contributed by atoms with E-state index in [0.29, 0.717) is 0 Å². The van der Waals surface area contributed by atoms with Crippen LogP contribution in [0.1, 0.15) is 30.4 Å². The molecule has 2 N–H and O–H groups in total. The van der Waals surface area contributed by atoms with E-state index < -0.39 is 0 Å². The van der Waals surface area contributed by atoms with Crippen LogP contribution < -0.4 is 10.6 Å². The highest BCUT2D eigenvalue weighted by atomic mass is 35.5. The van der Waals surface area contributed by atoms with E-state index in [4.69, 9.17) is 11.6 Å². The molecule has 5 nitrogen and oxygen atoms in total. The summed E-state index contributed by atoms with van der Waals surface area (Å²) in [6.45, 7) is 1.77. The lowest BCUT2D eigenvalue weighted by Crippen LogP contribution is -2.41. The molecule has 0 radical (unpaired) electrons. The zero-order valence-electron chi connectivity index (χ0n) is 14.9. The van der Waals surface area contributed by atoms with Crippen molar-refractivity contribution in [3.63, 3.8) is 0 Å². The van der Waals surface area contributed by atoms with E-state index in [1.807, 2.05) is 37.1 Å². The molecule has 25 heavy (non-hydrogen) atoms. The molecule has 2 aromatic rings. The number of hydrogen-bond donors (Lipinski definition) is 2. The molecule has 1 saturated carbocycles. The maximum Gasteiger partial charge on any atom is 0.191 e. The summed E-state index contributed by atoms with van der Waals surface area (Å²) in [7, 11) is 3.76. The second-order valence-electron chi connectivity index (χ2n) is 6.77. The Morgan fingerprint density at radius 3 is 2.84 bits per heavy atom. The van der Waals surface area contributed by atoms with Gasteiger partial charge in [-0.25, -0.2) is 0 Å². The summed E-state index contributed by atoms with van der Waals surface area (Å²) in [4.78, 5) is 4.33. The second kappa shape index (κ2) is 7.91. The zero-order valence-corrected chi connectivity index (χ0v) is 15.7. The van der Waals surface area contributed by atoms with Crippen LogP contribution in [-0.4, -0.2) is 35.9 Å². The van der Waals surface area contributed by atoms with Gasteiger partial charge in [-0.1, -0.05) is 23.7 Å². The van der Waals surface area contributed by atoms with E-state index in [0.717, 1.165) is 36.9 Å². The van der Waals surface area contributed by atoms with Crippen molar-refractivity contribution in [1.29, 1.82) is 0 Å². The first-order valence-corrected chi connectivity index (χ1v) is 9.17. The van der Waals surface area contributed by atoms with Crippen LogP contribution in [0.5, 0.6) is 0 Å². The van der Waals surface area contributed by atoms with E-state index in [2.05, 4.69) is 39.1 Å². The van der Waals surface area contributed by atoms with Crippen LogP contribution in [0.15, 0.2) is 41.7 Å². The van der Waals surface area contributed by atoms with Crippen LogP contribution in [0, 0.1) is 0 Å². The number of aromatic nitrogens is 2. The Morgan fingerprint density at radius 1 is 1.36 bits per heavy atom. The standard InChI is InChI=1S/C19H26ClN5/c1-21-18(22-10-4-5-15-12-24-25(2)13-15)23-14-19(8-9-19)16-6-3-7-17(20)11-16/h3,6-7,11-13H,4-5,8-10,14H2,1-2H3,(H2,21,22,23). The van der Waals surface area contributed by atoms with Crippen molar-refractivity contribution in [2.24, 2.45) is 12.0 Å². The lowest BCUT2D eigenvalue weighted by Gasteiger charge is -2.19. The molecule has 134 valence electrons. The summed E-state index contributed by atoms with van der Waals surface area (Å²) < 4.78 is 1.84. The fourth-order valence-corrected chi connectivity index (χ4v) is 3.30. The van der Waals surface area contributed by atoms with Crippen LogP contribution in [-0.2, 0) is 18.9 Å². The number of nitrogens with one attached hydrogen (secondary N) is 2. The van der Waals surface area contributed by atoms with Gasteiger partial charge >= 0.3 is 0 Å². The van der Waals surface area contributed by atoms with Crippen LogP contribution in [0.4, 0.5) is 0 Å². The highest BCUT2D eigenvalue weighted by Crippen LogP contribution is 2.48. The third-order valence-corrected chi connectivity index (χ3v) is 5.04. The predicted octanol–water partition coefficient (Wildman–Crippen LogP) is 2.90. The molecule has 0 spiro atoms. The lowest BCUT2D eigenvalue weighted by molar-refractivity contribution is 0.642. The Balaban J connectivity index is 1.43. The minimum Gasteiger partial charge on any atom is -0.356 e. The fourth-order valence-electron chi connectivity index (χ4n) is 3.11. The molecular formula is C19H26ClN5. The Bertz CT molecular complexity index is 733. The normalized spacial score (nSPS) is 15.9. The SMILES string of the molecule is CN=C(NCCCc1cnn(C)c1)NCC1(c2cccc(Cl)c2)CC1. The number of rotatable bonds is 7. The van der Waals surface area contributed by atoms with Gasteiger partial charge in [-0.15, -0.1) is 0 Å². The van der Waals surface area contributed by atoms with E-state index in [-0.39, 0.29) is 5.41 Å². The van der Waals surface area contributed by atoms with Crippen LogP contribution >= 0.6 is 11.6 Å². The summed E-state index contributed by atoms with van der Waals surface area (Å²) in [5.41, 5.74) is 2.79. The number of benzene rings is 1. The second-order valence-corrected chi connectivity index (χ2v) is 7.21. The number of aryl methyl sites for hydroxylation is 2. The molecule has 1 fully saturated rings. The van der Waals surface area contributed by atoms with Gasteiger partial charge in [0.05, 0.1) is 6.20 Å². The van der Waals surface area contributed by atoms with E-state index in [9.17, 15) is 0 Å². The molecule has 1 aliphatic carbocycles. The molecule has 0 unspecified atom stereocenters. The van der Waals surface area contributed by atoms with Gasteiger partial charge in [-0.05, 0) is 48.9 Å². The first-order chi connectivity index (χ1) is 12.1. The third-order valence-electron chi connectivity index (χ3n) is 4.80. The average Bonchev–Trinajstić information content (AvgIpc) is 3.29. The van der Waals surface area contributed by atoms with E-state index in [1.54, 1.807) is 0 Å². The molecule has 0 bridgehead atoms. The molecule has 0 amide bonds. The van der Waals surface area contributed by atoms with Crippen molar-refractivity contribution >= 4 is 17.6 Å². The number of hydrogen-bond acceptors (Lipinski definition) is 2. The Kier molecular flexibility index (Phi) is 5.63. The molecule has 1 aromatic heterocycles. The number of aliphatic imine (C=N–C) groups is 1. The largest absolute Gasteiger partial charge is 0.356 e. The van der Waals surface area contributed by atoms with Gasteiger partial charge in [0.25, 0.3) is 0 Å². The van der Waals surface area contributed by atoms with Gasteiger partial charge in [-0.3, -0.25) is 9.67 Å². The predicted molar refractivity (Wildman–Crippen MR) is 103 cm³/mol. The molecule has 0 atom stereocenters. The molecule has 0 aliphatic heterocycles. The first kappa shape index (κ1) is 17.8. The molecule has 6 heteroatoms. The van der Waals surface area contributed by atoms with Crippen molar-refractivity contribution in [2.75, 3.05) is 20.1 Å². The molecule has 1 aliphatic rings. The first-order valence-electron chi connectivity index (χ1n) is 8.79. The zero-order chi connectivity index (χ0) is 17.7. The van der Waals surface area contributed by atoms with Gasteiger partial charge in [0.2, 0.25) is 0 Å². The summed E-state index contributed by atoms with van der Waals surface area (Å²) in [6.07, 6.45) is 8.44. The molecule has 1 aromatic carbocycles. The Labute approximate surface area is 154 Å². The maximum atomic E-state index is 6.14. The Morgan fingerprint density at radius 2 is 2.20 bits per heavy atom. The minimum atomic E-state index is 0.207. The summed E-state index contributed by atoms with van der Waals surface area (Å²) in [6, 6.07) is 8.21. The van der Waals surface area contributed by atoms with Crippen molar-refractivity contribution in [3.8, 4) is 0 Å². The van der Waals surface area contributed by atoms with Crippen molar-refractivity contribution in [1.82, 2.24) is 20.4 Å². The quantitative estimate of drug-likeness (QED) is 0.454. The van der Waals surface area contributed by atoms with E-state index in [1.165, 1.54) is 24.0 Å². The maximum absolute atomic E-state index is 6.14. The van der Waals surface area contributed by atoms with E-state index >= 15 is 0 Å². The highest BCUT2D eigenvalue weighted by molar-refractivity contribution is 6.30. The Hall–Kier alpha value is -2.01. The molecule has 1 heterocycles. The lowest BCUT2D eigenvalue weighted by atomic mass is 9.96. The average molecular weight is 360 g/mol. The number of guanidine groups is 1. The molecule has 3 rings (SSSR count). The summed E-state index contributed by atoms with van der Waals surface area (Å²) in [5, 5.41) is 11.9. The molecular weight excluding hydrogens is 334 g/mol.